The lowest BCUT2D eigenvalue weighted by Gasteiger charge is -2.19. The molecule has 0 atom stereocenters. The first-order chi connectivity index (χ1) is 10.7. The summed E-state index contributed by atoms with van der Waals surface area (Å²) in [6, 6.07) is 12.3. The van der Waals surface area contributed by atoms with Crippen LogP contribution < -0.4 is 14.2 Å². The molecule has 2 aromatic carbocycles. The Labute approximate surface area is 131 Å². The van der Waals surface area contributed by atoms with Crippen LogP contribution in [0.4, 0.5) is 0 Å². The van der Waals surface area contributed by atoms with E-state index in [9.17, 15) is 0 Å². The van der Waals surface area contributed by atoms with Gasteiger partial charge in [0, 0.05) is 12.7 Å². The lowest BCUT2D eigenvalue weighted by atomic mass is 9.98. The minimum atomic E-state index is 0.450. The highest BCUT2D eigenvalue weighted by molar-refractivity contribution is 5.59. The molecule has 0 heterocycles. The van der Waals surface area contributed by atoms with E-state index in [1.807, 2.05) is 24.3 Å². The van der Waals surface area contributed by atoms with Crippen molar-refractivity contribution in [1.29, 1.82) is 0 Å². The van der Waals surface area contributed by atoms with Crippen LogP contribution in [-0.2, 0) is 17.8 Å². The minimum absolute atomic E-state index is 0.450. The van der Waals surface area contributed by atoms with E-state index in [0.717, 1.165) is 17.5 Å². The van der Waals surface area contributed by atoms with Crippen molar-refractivity contribution in [2.45, 2.75) is 13.0 Å². The van der Waals surface area contributed by atoms with Crippen LogP contribution >= 0.6 is 0 Å². The third-order valence-electron chi connectivity index (χ3n) is 3.55. The lowest BCUT2D eigenvalue weighted by molar-refractivity contribution is 0.179. The molecule has 0 N–H and O–H groups in total. The number of hydrogen-bond donors (Lipinski definition) is 0. The molecule has 0 saturated carbocycles. The van der Waals surface area contributed by atoms with Gasteiger partial charge in [0.25, 0.3) is 0 Å². The van der Waals surface area contributed by atoms with Crippen molar-refractivity contribution < 1.29 is 18.9 Å². The van der Waals surface area contributed by atoms with Crippen LogP contribution in [0.25, 0.3) is 0 Å². The van der Waals surface area contributed by atoms with Crippen molar-refractivity contribution in [2.75, 3.05) is 28.4 Å². The zero-order valence-corrected chi connectivity index (χ0v) is 13.5. The number of hydrogen-bond acceptors (Lipinski definition) is 4. The first-order valence-corrected chi connectivity index (χ1v) is 7.08. The van der Waals surface area contributed by atoms with Gasteiger partial charge in [0.15, 0.2) is 11.5 Å². The van der Waals surface area contributed by atoms with Gasteiger partial charge in [-0.1, -0.05) is 30.3 Å². The smallest absolute Gasteiger partial charge is 0.203 e. The zero-order valence-electron chi connectivity index (χ0n) is 13.5. The molecule has 0 fully saturated rings. The summed E-state index contributed by atoms with van der Waals surface area (Å²) in [5.74, 6) is 1.91. The maximum absolute atomic E-state index is 5.56. The lowest BCUT2D eigenvalue weighted by Crippen LogP contribution is -2.05. The monoisotopic (exact) mass is 302 g/mol. The summed E-state index contributed by atoms with van der Waals surface area (Å²) in [6.07, 6.45) is 0.774. The van der Waals surface area contributed by atoms with Crippen molar-refractivity contribution in [3.8, 4) is 17.2 Å². The van der Waals surface area contributed by atoms with Gasteiger partial charge in [0.05, 0.1) is 27.9 Å². The Hall–Kier alpha value is -2.20. The minimum Gasteiger partial charge on any atom is -0.493 e. The SMILES string of the molecule is COCc1c(Cc2ccccc2)cc(OC)c(OC)c1OC. The van der Waals surface area contributed by atoms with Gasteiger partial charge in [0.2, 0.25) is 5.75 Å². The molecule has 0 aromatic heterocycles. The van der Waals surface area contributed by atoms with E-state index in [2.05, 4.69) is 12.1 Å². The maximum Gasteiger partial charge on any atom is 0.203 e. The molecule has 0 spiro atoms. The van der Waals surface area contributed by atoms with E-state index in [0.29, 0.717) is 23.9 Å². The van der Waals surface area contributed by atoms with Crippen LogP contribution in [0.15, 0.2) is 36.4 Å². The van der Waals surface area contributed by atoms with E-state index in [1.165, 1.54) is 5.56 Å². The first kappa shape index (κ1) is 16.2. The van der Waals surface area contributed by atoms with Crippen LogP contribution in [0, 0.1) is 0 Å². The summed E-state index contributed by atoms with van der Waals surface area (Å²) in [6.45, 7) is 0.450. The van der Waals surface area contributed by atoms with Gasteiger partial charge in [-0.3, -0.25) is 0 Å². The standard InChI is InChI=1S/C18H22O4/c1-19-12-15-14(10-13-8-6-5-7-9-13)11-16(20-2)18(22-4)17(15)21-3/h5-9,11H,10,12H2,1-4H3. The van der Waals surface area contributed by atoms with Gasteiger partial charge in [-0.2, -0.15) is 0 Å². The second kappa shape index (κ2) is 7.71. The van der Waals surface area contributed by atoms with Gasteiger partial charge < -0.3 is 18.9 Å². The van der Waals surface area contributed by atoms with E-state index in [4.69, 9.17) is 18.9 Å². The predicted octanol–water partition coefficient (Wildman–Crippen LogP) is 3.45. The molecule has 2 rings (SSSR count). The number of benzene rings is 2. The van der Waals surface area contributed by atoms with Crippen molar-refractivity contribution in [3.63, 3.8) is 0 Å². The van der Waals surface area contributed by atoms with Gasteiger partial charge in [-0.05, 0) is 23.6 Å². The molecule has 0 radical (unpaired) electrons. The fourth-order valence-corrected chi connectivity index (χ4v) is 2.54. The fourth-order valence-electron chi connectivity index (χ4n) is 2.54. The Balaban J connectivity index is 2.55. The zero-order chi connectivity index (χ0) is 15.9. The molecule has 22 heavy (non-hydrogen) atoms. The second-order valence-electron chi connectivity index (χ2n) is 4.88. The van der Waals surface area contributed by atoms with E-state index < -0.39 is 0 Å². The van der Waals surface area contributed by atoms with E-state index >= 15 is 0 Å². The summed E-state index contributed by atoms with van der Waals surface area (Å²) in [5, 5.41) is 0. The Morgan fingerprint density at radius 3 is 2.05 bits per heavy atom. The molecule has 0 unspecified atom stereocenters. The third-order valence-corrected chi connectivity index (χ3v) is 3.55. The fraction of sp³-hybridized carbons (Fsp3) is 0.333. The molecule has 0 aliphatic rings. The van der Waals surface area contributed by atoms with Crippen LogP contribution in [0.1, 0.15) is 16.7 Å². The van der Waals surface area contributed by atoms with Crippen LogP contribution in [-0.4, -0.2) is 28.4 Å². The quantitative estimate of drug-likeness (QED) is 0.785. The Bertz CT molecular complexity index is 608. The van der Waals surface area contributed by atoms with Gasteiger partial charge in [-0.15, -0.1) is 0 Å². The average molecular weight is 302 g/mol. The summed E-state index contributed by atoms with van der Waals surface area (Å²) in [4.78, 5) is 0. The summed E-state index contributed by atoms with van der Waals surface area (Å²) >= 11 is 0. The Kier molecular flexibility index (Phi) is 5.67. The Morgan fingerprint density at radius 1 is 0.818 bits per heavy atom. The van der Waals surface area contributed by atoms with E-state index in [-0.39, 0.29) is 0 Å². The van der Waals surface area contributed by atoms with Crippen molar-refractivity contribution in [3.05, 3.63) is 53.1 Å². The first-order valence-electron chi connectivity index (χ1n) is 7.08. The van der Waals surface area contributed by atoms with Crippen LogP contribution in [0.2, 0.25) is 0 Å². The molecule has 0 amide bonds. The largest absolute Gasteiger partial charge is 0.493 e. The van der Waals surface area contributed by atoms with Crippen LogP contribution in [0.5, 0.6) is 17.2 Å². The molecular weight excluding hydrogens is 280 g/mol. The van der Waals surface area contributed by atoms with Gasteiger partial charge in [0.1, 0.15) is 0 Å². The van der Waals surface area contributed by atoms with Crippen LogP contribution in [0.3, 0.4) is 0 Å². The molecular formula is C18H22O4. The van der Waals surface area contributed by atoms with Crippen molar-refractivity contribution >= 4 is 0 Å². The highest BCUT2D eigenvalue weighted by atomic mass is 16.5. The van der Waals surface area contributed by atoms with E-state index in [1.54, 1.807) is 28.4 Å². The highest BCUT2D eigenvalue weighted by Gasteiger charge is 2.20. The van der Waals surface area contributed by atoms with Gasteiger partial charge in [-0.25, -0.2) is 0 Å². The molecule has 4 heteroatoms. The topological polar surface area (TPSA) is 36.9 Å². The molecule has 0 saturated heterocycles. The molecule has 0 bridgehead atoms. The van der Waals surface area contributed by atoms with Crippen molar-refractivity contribution in [1.82, 2.24) is 0 Å². The number of methoxy groups -OCH3 is 4. The number of rotatable bonds is 7. The number of ether oxygens (including phenoxy) is 4. The van der Waals surface area contributed by atoms with Gasteiger partial charge >= 0.3 is 0 Å². The van der Waals surface area contributed by atoms with Crippen molar-refractivity contribution in [2.24, 2.45) is 0 Å². The highest BCUT2D eigenvalue weighted by Crippen LogP contribution is 2.42. The Morgan fingerprint density at radius 2 is 1.50 bits per heavy atom. The third kappa shape index (κ3) is 3.34. The predicted molar refractivity (Wildman–Crippen MR) is 86.1 cm³/mol. The molecule has 4 nitrogen and oxygen atoms in total. The second-order valence-corrected chi connectivity index (χ2v) is 4.88. The molecule has 0 aliphatic heterocycles. The molecule has 118 valence electrons. The normalized spacial score (nSPS) is 10.4. The maximum atomic E-state index is 5.56. The summed E-state index contributed by atoms with van der Waals surface area (Å²) in [7, 11) is 6.53. The molecule has 0 aliphatic carbocycles. The average Bonchev–Trinajstić information content (AvgIpc) is 2.56. The summed E-state index contributed by atoms with van der Waals surface area (Å²) in [5.41, 5.74) is 3.29. The molecule has 2 aromatic rings. The summed E-state index contributed by atoms with van der Waals surface area (Å²) < 4.78 is 21.8.